The standard InChI is InChI=1S/C22H14BrClN2O3/c23-15-10-11-25-17(12-15)26-19(13-4-2-1-3-5-13)18(21(28)22(26)29)20(27)14-6-8-16(24)9-7-14/h1-12,19,28H. The van der Waals surface area contributed by atoms with Crippen LogP contribution in [-0.2, 0) is 4.79 Å². The van der Waals surface area contributed by atoms with E-state index in [1.807, 2.05) is 18.2 Å². The lowest BCUT2D eigenvalue weighted by molar-refractivity contribution is -0.117. The number of anilines is 1. The van der Waals surface area contributed by atoms with E-state index in [1.54, 1.807) is 54.7 Å². The molecule has 1 aliphatic heterocycles. The molecule has 0 radical (unpaired) electrons. The van der Waals surface area contributed by atoms with Crippen LogP contribution in [-0.4, -0.2) is 21.8 Å². The molecule has 7 heteroatoms. The number of pyridine rings is 1. The minimum atomic E-state index is -0.811. The van der Waals surface area contributed by atoms with Crippen LogP contribution in [0.15, 0.2) is 88.7 Å². The first-order valence-electron chi connectivity index (χ1n) is 8.71. The first-order valence-corrected chi connectivity index (χ1v) is 9.88. The molecule has 0 bridgehead atoms. The van der Waals surface area contributed by atoms with Gasteiger partial charge < -0.3 is 5.11 Å². The number of hydrogen-bond acceptors (Lipinski definition) is 4. The number of Topliss-reactive ketones (excluding diaryl/α,β-unsaturated/α-hetero) is 1. The van der Waals surface area contributed by atoms with Crippen molar-refractivity contribution < 1.29 is 14.7 Å². The highest BCUT2D eigenvalue weighted by atomic mass is 79.9. The first-order chi connectivity index (χ1) is 14.0. The molecule has 29 heavy (non-hydrogen) atoms. The summed E-state index contributed by atoms with van der Waals surface area (Å²) in [4.78, 5) is 31.9. The molecule has 0 fully saturated rings. The van der Waals surface area contributed by atoms with E-state index in [2.05, 4.69) is 20.9 Å². The number of carbonyl (C=O) groups excluding carboxylic acids is 2. The van der Waals surface area contributed by atoms with E-state index in [-0.39, 0.29) is 5.57 Å². The molecule has 1 aliphatic rings. The Kier molecular flexibility index (Phi) is 5.22. The number of carbonyl (C=O) groups is 2. The Labute approximate surface area is 180 Å². The summed E-state index contributed by atoms with van der Waals surface area (Å²) >= 11 is 9.30. The second kappa shape index (κ2) is 7.81. The van der Waals surface area contributed by atoms with Crippen molar-refractivity contribution in [3.05, 3.63) is 105 Å². The van der Waals surface area contributed by atoms with Gasteiger partial charge in [0.05, 0.1) is 11.6 Å². The molecule has 0 saturated carbocycles. The van der Waals surface area contributed by atoms with Crippen LogP contribution in [0.25, 0.3) is 0 Å². The second-order valence-electron chi connectivity index (χ2n) is 6.42. The quantitative estimate of drug-likeness (QED) is 0.528. The van der Waals surface area contributed by atoms with Gasteiger partial charge in [0, 0.05) is 21.3 Å². The van der Waals surface area contributed by atoms with E-state index in [9.17, 15) is 14.7 Å². The number of aliphatic hydroxyl groups excluding tert-OH is 1. The van der Waals surface area contributed by atoms with Crippen LogP contribution in [0.4, 0.5) is 5.82 Å². The monoisotopic (exact) mass is 468 g/mol. The molecule has 1 atom stereocenters. The third kappa shape index (κ3) is 3.57. The smallest absolute Gasteiger partial charge is 0.295 e. The number of benzene rings is 2. The van der Waals surface area contributed by atoms with E-state index < -0.39 is 23.5 Å². The predicted molar refractivity (Wildman–Crippen MR) is 114 cm³/mol. The molecular formula is C22H14BrClN2O3. The van der Waals surface area contributed by atoms with Crippen LogP contribution in [0.1, 0.15) is 22.0 Å². The Morgan fingerprint density at radius 2 is 1.76 bits per heavy atom. The van der Waals surface area contributed by atoms with Gasteiger partial charge in [-0.3, -0.25) is 14.5 Å². The largest absolute Gasteiger partial charge is 0.503 e. The zero-order valence-corrected chi connectivity index (χ0v) is 17.3. The lowest BCUT2D eigenvalue weighted by Crippen LogP contribution is -2.31. The molecule has 1 unspecified atom stereocenters. The number of aliphatic hydroxyl groups is 1. The maximum atomic E-state index is 13.3. The summed E-state index contributed by atoms with van der Waals surface area (Å²) in [7, 11) is 0. The molecule has 144 valence electrons. The summed E-state index contributed by atoms with van der Waals surface area (Å²) in [6, 6.07) is 18.0. The summed E-state index contributed by atoms with van der Waals surface area (Å²) in [6.45, 7) is 0. The molecule has 1 N–H and O–H groups in total. The van der Waals surface area contributed by atoms with Gasteiger partial charge in [-0.25, -0.2) is 4.98 Å². The van der Waals surface area contributed by atoms with Crippen LogP contribution < -0.4 is 4.90 Å². The number of halogens is 2. The summed E-state index contributed by atoms with van der Waals surface area (Å²) in [5.74, 6) is -1.38. The highest BCUT2D eigenvalue weighted by Crippen LogP contribution is 2.41. The minimum absolute atomic E-state index is 0.00491. The van der Waals surface area contributed by atoms with Gasteiger partial charge in [0.1, 0.15) is 5.82 Å². The molecule has 2 heterocycles. The zero-order valence-electron chi connectivity index (χ0n) is 14.9. The van der Waals surface area contributed by atoms with Gasteiger partial charge in [-0.1, -0.05) is 57.9 Å². The zero-order chi connectivity index (χ0) is 20.5. The molecule has 4 rings (SSSR count). The van der Waals surface area contributed by atoms with Crippen LogP contribution in [0.3, 0.4) is 0 Å². The Bertz CT molecular complexity index is 1130. The fourth-order valence-corrected chi connectivity index (χ4v) is 3.76. The molecule has 0 aliphatic carbocycles. The molecule has 3 aromatic rings. The van der Waals surface area contributed by atoms with Crippen molar-refractivity contribution in [1.29, 1.82) is 0 Å². The van der Waals surface area contributed by atoms with Crippen LogP contribution in [0.5, 0.6) is 0 Å². The van der Waals surface area contributed by atoms with Gasteiger partial charge in [0.15, 0.2) is 11.5 Å². The summed E-state index contributed by atoms with van der Waals surface area (Å²) in [5, 5.41) is 11.2. The number of aromatic nitrogens is 1. The Morgan fingerprint density at radius 3 is 2.41 bits per heavy atom. The van der Waals surface area contributed by atoms with Crippen LogP contribution in [0, 0.1) is 0 Å². The van der Waals surface area contributed by atoms with Crippen molar-refractivity contribution >= 4 is 45.0 Å². The van der Waals surface area contributed by atoms with Crippen molar-refractivity contribution in [1.82, 2.24) is 4.98 Å². The van der Waals surface area contributed by atoms with Gasteiger partial charge in [-0.05, 0) is 42.0 Å². The maximum Gasteiger partial charge on any atom is 0.295 e. The van der Waals surface area contributed by atoms with Gasteiger partial charge in [-0.15, -0.1) is 0 Å². The number of amides is 1. The number of hydrogen-bond donors (Lipinski definition) is 1. The number of ketones is 1. The molecular weight excluding hydrogens is 456 g/mol. The van der Waals surface area contributed by atoms with Crippen molar-refractivity contribution in [2.24, 2.45) is 0 Å². The van der Waals surface area contributed by atoms with Gasteiger partial charge in [-0.2, -0.15) is 0 Å². The molecule has 0 spiro atoms. The third-order valence-corrected chi connectivity index (χ3v) is 5.37. The number of rotatable bonds is 4. The lowest BCUT2D eigenvalue weighted by atomic mass is 9.93. The summed E-state index contributed by atoms with van der Waals surface area (Å²) < 4.78 is 0.721. The molecule has 1 aromatic heterocycles. The van der Waals surface area contributed by atoms with Gasteiger partial charge in [0.2, 0.25) is 0 Å². The average Bonchev–Trinajstić information content (AvgIpc) is 2.99. The van der Waals surface area contributed by atoms with Crippen molar-refractivity contribution in [2.45, 2.75) is 6.04 Å². The van der Waals surface area contributed by atoms with Crippen LogP contribution >= 0.6 is 27.5 Å². The van der Waals surface area contributed by atoms with E-state index in [0.29, 0.717) is 22.0 Å². The Morgan fingerprint density at radius 1 is 1.07 bits per heavy atom. The molecule has 2 aromatic carbocycles. The van der Waals surface area contributed by atoms with Crippen molar-refractivity contribution in [2.75, 3.05) is 4.90 Å². The summed E-state index contributed by atoms with van der Waals surface area (Å²) in [6.07, 6.45) is 1.55. The second-order valence-corrected chi connectivity index (χ2v) is 7.77. The summed E-state index contributed by atoms with van der Waals surface area (Å²) in [5.41, 5.74) is 1.02. The minimum Gasteiger partial charge on any atom is -0.503 e. The van der Waals surface area contributed by atoms with E-state index in [4.69, 9.17) is 11.6 Å². The topological polar surface area (TPSA) is 70.5 Å². The molecule has 1 amide bonds. The SMILES string of the molecule is O=C(C1=C(O)C(=O)N(c2cc(Br)ccn2)C1c1ccccc1)c1ccc(Cl)cc1. The predicted octanol–water partition coefficient (Wildman–Crippen LogP) is 5.28. The third-order valence-electron chi connectivity index (χ3n) is 4.63. The highest BCUT2D eigenvalue weighted by Gasteiger charge is 2.45. The maximum absolute atomic E-state index is 13.3. The number of nitrogens with zero attached hydrogens (tertiary/aromatic N) is 2. The van der Waals surface area contributed by atoms with Crippen LogP contribution in [0.2, 0.25) is 5.02 Å². The lowest BCUT2D eigenvalue weighted by Gasteiger charge is -2.26. The Balaban J connectivity index is 1.87. The normalized spacial score (nSPS) is 16.4. The van der Waals surface area contributed by atoms with E-state index >= 15 is 0 Å². The van der Waals surface area contributed by atoms with E-state index in [0.717, 1.165) is 4.47 Å². The van der Waals surface area contributed by atoms with Gasteiger partial charge >= 0.3 is 0 Å². The fourth-order valence-electron chi connectivity index (χ4n) is 3.31. The first kappa shape index (κ1) is 19.4. The van der Waals surface area contributed by atoms with Crippen molar-refractivity contribution in [3.8, 4) is 0 Å². The van der Waals surface area contributed by atoms with Gasteiger partial charge in [0.25, 0.3) is 5.91 Å². The van der Waals surface area contributed by atoms with Crippen molar-refractivity contribution in [3.63, 3.8) is 0 Å². The molecule has 5 nitrogen and oxygen atoms in total. The highest BCUT2D eigenvalue weighted by molar-refractivity contribution is 9.10. The average molecular weight is 470 g/mol. The van der Waals surface area contributed by atoms with E-state index in [1.165, 1.54) is 4.90 Å². The fraction of sp³-hybridized carbons (Fsp3) is 0.0455. The molecule has 0 saturated heterocycles. The Hall–Kier alpha value is -2.96.